The number of nitrogens with two attached hydrogens (primary N) is 1. The second-order valence-corrected chi connectivity index (χ2v) is 7.16. The van der Waals surface area contributed by atoms with Crippen LogP contribution < -0.4 is 11.1 Å². The van der Waals surface area contributed by atoms with Gasteiger partial charge in [0, 0.05) is 23.5 Å². The second-order valence-electron chi connectivity index (χ2n) is 4.61. The van der Waals surface area contributed by atoms with E-state index in [1.54, 1.807) is 11.3 Å². The number of nitrogens with one attached hydrogen (secondary N) is 1. The van der Waals surface area contributed by atoms with E-state index in [9.17, 15) is 0 Å². The van der Waals surface area contributed by atoms with Crippen LogP contribution >= 0.6 is 27.3 Å². The van der Waals surface area contributed by atoms with Crippen LogP contribution in [0.15, 0.2) is 40.2 Å². The SMILES string of the molecule is NC1CC(NCc2ccc(Br)s2)c2ccccc21. The van der Waals surface area contributed by atoms with Gasteiger partial charge in [-0.25, -0.2) is 0 Å². The Kier molecular flexibility index (Phi) is 3.52. The molecule has 0 amide bonds. The predicted octanol–water partition coefficient (Wildman–Crippen LogP) is 3.75. The van der Waals surface area contributed by atoms with E-state index in [4.69, 9.17) is 5.73 Å². The van der Waals surface area contributed by atoms with Gasteiger partial charge in [-0.1, -0.05) is 24.3 Å². The first-order chi connectivity index (χ1) is 8.74. The van der Waals surface area contributed by atoms with Crippen molar-refractivity contribution in [1.82, 2.24) is 5.32 Å². The third kappa shape index (κ3) is 2.38. The molecule has 3 N–H and O–H groups in total. The first kappa shape index (κ1) is 12.4. The van der Waals surface area contributed by atoms with Crippen molar-refractivity contribution in [1.29, 1.82) is 0 Å². The zero-order valence-electron chi connectivity index (χ0n) is 9.90. The van der Waals surface area contributed by atoms with Crippen LogP contribution in [0.25, 0.3) is 0 Å². The third-order valence-electron chi connectivity index (χ3n) is 3.41. The van der Waals surface area contributed by atoms with E-state index in [1.807, 2.05) is 0 Å². The van der Waals surface area contributed by atoms with Crippen molar-refractivity contribution < 1.29 is 0 Å². The maximum atomic E-state index is 6.16. The first-order valence-electron chi connectivity index (χ1n) is 6.06. The van der Waals surface area contributed by atoms with Gasteiger partial charge in [0.2, 0.25) is 0 Å². The van der Waals surface area contributed by atoms with E-state index in [0.29, 0.717) is 6.04 Å². The maximum Gasteiger partial charge on any atom is 0.0701 e. The Morgan fingerprint density at radius 3 is 2.72 bits per heavy atom. The summed E-state index contributed by atoms with van der Waals surface area (Å²) in [5.74, 6) is 0. The molecule has 4 heteroatoms. The predicted molar refractivity (Wildman–Crippen MR) is 79.6 cm³/mol. The van der Waals surface area contributed by atoms with Gasteiger partial charge in [0.1, 0.15) is 0 Å². The van der Waals surface area contributed by atoms with Gasteiger partial charge < -0.3 is 11.1 Å². The van der Waals surface area contributed by atoms with Gasteiger partial charge in [0.15, 0.2) is 0 Å². The summed E-state index contributed by atoms with van der Waals surface area (Å²) in [6.45, 7) is 0.905. The Morgan fingerprint density at radius 1 is 1.22 bits per heavy atom. The molecule has 0 aliphatic heterocycles. The minimum Gasteiger partial charge on any atom is -0.324 e. The summed E-state index contributed by atoms with van der Waals surface area (Å²) in [5, 5.41) is 3.61. The molecule has 0 spiro atoms. The molecule has 0 radical (unpaired) electrons. The topological polar surface area (TPSA) is 38.0 Å². The summed E-state index contributed by atoms with van der Waals surface area (Å²) < 4.78 is 1.18. The smallest absolute Gasteiger partial charge is 0.0701 e. The van der Waals surface area contributed by atoms with Crippen LogP contribution in [-0.4, -0.2) is 0 Å². The van der Waals surface area contributed by atoms with E-state index < -0.39 is 0 Å². The number of benzene rings is 1. The molecule has 0 saturated heterocycles. The Labute approximate surface area is 119 Å². The molecule has 1 aromatic heterocycles. The van der Waals surface area contributed by atoms with Crippen LogP contribution in [0.1, 0.15) is 34.5 Å². The third-order valence-corrected chi connectivity index (χ3v) is 5.04. The molecule has 1 aliphatic rings. The van der Waals surface area contributed by atoms with E-state index in [0.717, 1.165) is 13.0 Å². The van der Waals surface area contributed by atoms with Gasteiger partial charge in [-0.3, -0.25) is 0 Å². The molecule has 2 nitrogen and oxygen atoms in total. The zero-order valence-corrected chi connectivity index (χ0v) is 12.3. The van der Waals surface area contributed by atoms with Crippen LogP contribution in [0.5, 0.6) is 0 Å². The van der Waals surface area contributed by atoms with Crippen molar-refractivity contribution in [3.63, 3.8) is 0 Å². The summed E-state index contributed by atoms with van der Waals surface area (Å²) in [4.78, 5) is 1.35. The fraction of sp³-hybridized carbons (Fsp3) is 0.286. The average Bonchev–Trinajstić information content (AvgIpc) is 2.92. The highest BCUT2D eigenvalue weighted by Crippen LogP contribution is 2.37. The van der Waals surface area contributed by atoms with Crippen LogP contribution in [0.4, 0.5) is 0 Å². The minimum atomic E-state index is 0.175. The average molecular weight is 323 g/mol. The zero-order chi connectivity index (χ0) is 12.5. The molecule has 1 aromatic carbocycles. The Morgan fingerprint density at radius 2 is 2.00 bits per heavy atom. The normalized spacial score (nSPS) is 22.1. The largest absolute Gasteiger partial charge is 0.324 e. The number of thiophene rings is 1. The highest BCUT2D eigenvalue weighted by atomic mass is 79.9. The second kappa shape index (κ2) is 5.13. The molecule has 1 aliphatic carbocycles. The lowest BCUT2D eigenvalue weighted by atomic mass is 10.1. The summed E-state index contributed by atoms with van der Waals surface area (Å²) >= 11 is 5.27. The van der Waals surface area contributed by atoms with Crippen molar-refractivity contribution in [2.45, 2.75) is 25.0 Å². The molecule has 2 aromatic rings. The molecule has 0 bridgehead atoms. The lowest BCUT2D eigenvalue weighted by molar-refractivity contribution is 0.501. The number of hydrogen-bond donors (Lipinski definition) is 2. The Hall–Kier alpha value is -0.680. The van der Waals surface area contributed by atoms with E-state index in [-0.39, 0.29) is 6.04 Å². The van der Waals surface area contributed by atoms with Crippen molar-refractivity contribution in [3.05, 3.63) is 56.2 Å². The molecule has 18 heavy (non-hydrogen) atoms. The van der Waals surface area contributed by atoms with Crippen LogP contribution in [0.2, 0.25) is 0 Å². The van der Waals surface area contributed by atoms with Crippen molar-refractivity contribution in [3.8, 4) is 0 Å². The van der Waals surface area contributed by atoms with Gasteiger partial charge in [0.05, 0.1) is 3.79 Å². The van der Waals surface area contributed by atoms with E-state index in [1.165, 1.54) is 19.8 Å². The monoisotopic (exact) mass is 322 g/mol. The lowest BCUT2D eigenvalue weighted by Gasteiger charge is -2.13. The van der Waals surface area contributed by atoms with Crippen LogP contribution in [-0.2, 0) is 6.54 Å². The Bertz CT molecular complexity index is 552. The van der Waals surface area contributed by atoms with Crippen molar-refractivity contribution in [2.75, 3.05) is 0 Å². The molecular weight excluding hydrogens is 308 g/mol. The van der Waals surface area contributed by atoms with Gasteiger partial charge in [-0.2, -0.15) is 0 Å². The van der Waals surface area contributed by atoms with Gasteiger partial charge in [-0.05, 0) is 45.6 Å². The number of halogens is 1. The number of fused-ring (bicyclic) bond motifs is 1. The quantitative estimate of drug-likeness (QED) is 0.903. The first-order valence-corrected chi connectivity index (χ1v) is 7.67. The Balaban J connectivity index is 1.72. The highest BCUT2D eigenvalue weighted by Gasteiger charge is 2.27. The summed E-state index contributed by atoms with van der Waals surface area (Å²) in [5.41, 5.74) is 8.82. The highest BCUT2D eigenvalue weighted by molar-refractivity contribution is 9.11. The maximum absolute atomic E-state index is 6.16. The summed E-state index contributed by atoms with van der Waals surface area (Å²) in [6.07, 6.45) is 0.992. The number of hydrogen-bond acceptors (Lipinski definition) is 3. The van der Waals surface area contributed by atoms with Gasteiger partial charge >= 0.3 is 0 Å². The lowest BCUT2D eigenvalue weighted by Crippen LogP contribution is -2.19. The number of rotatable bonds is 3. The molecule has 1 heterocycles. The van der Waals surface area contributed by atoms with Crippen molar-refractivity contribution >= 4 is 27.3 Å². The van der Waals surface area contributed by atoms with Gasteiger partial charge in [-0.15, -0.1) is 11.3 Å². The summed E-state index contributed by atoms with van der Waals surface area (Å²) in [7, 11) is 0. The van der Waals surface area contributed by atoms with Crippen LogP contribution in [0, 0.1) is 0 Å². The molecule has 2 atom stereocenters. The fourth-order valence-electron chi connectivity index (χ4n) is 2.54. The van der Waals surface area contributed by atoms with Crippen LogP contribution in [0.3, 0.4) is 0 Å². The molecular formula is C14H15BrN2S. The molecule has 0 saturated carbocycles. The standard InChI is InChI=1S/C14H15BrN2S/c15-14-6-5-9(18-14)8-17-13-7-12(16)10-3-1-2-4-11(10)13/h1-6,12-13,17H,7-8,16H2. The van der Waals surface area contributed by atoms with E-state index >= 15 is 0 Å². The molecule has 2 unspecified atom stereocenters. The van der Waals surface area contributed by atoms with Gasteiger partial charge in [0.25, 0.3) is 0 Å². The van der Waals surface area contributed by atoms with Crippen molar-refractivity contribution in [2.24, 2.45) is 5.73 Å². The molecule has 3 rings (SSSR count). The minimum absolute atomic E-state index is 0.175. The van der Waals surface area contributed by atoms with E-state index in [2.05, 4.69) is 57.6 Å². The molecule has 0 fully saturated rings. The fourth-order valence-corrected chi connectivity index (χ4v) is 3.97. The summed E-state index contributed by atoms with van der Waals surface area (Å²) in [6, 6.07) is 13.3. The molecule has 94 valence electrons.